The molecular formula is C22H31ClN2O2. The minimum absolute atomic E-state index is 0.0429. The van der Waals surface area contributed by atoms with Crippen molar-refractivity contribution in [1.82, 2.24) is 5.32 Å². The maximum atomic E-state index is 12.4. The van der Waals surface area contributed by atoms with Crippen molar-refractivity contribution in [3.8, 4) is 0 Å². The van der Waals surface area contributed by atoms with Crippen LogP contribution in [0.2, 0.25) is 5.02 Å². The molecule has 3 N–H and O–H groups in total. The van der Waals surface area contributed by atoms with Gasteiger partial charge < -0.3 is 15.8 Å². The van der Waals surface area contributed by atoms with E-state index in [0.29, 0.717) is 26.2 Å². The van der Waals surface area contributed by atoms with Gasteiger partial charge in [0, 0.05) is 35.0 Å². The molecule has 0 saturated heterocycles. The lowest BCUT2D eigenvalue weighted by Gasteiger charge is -2.32. The Bertz CT molecular complexity index is 750. The zero-order chi connectivity index (χ0) is 20.0. The van der Waals surface area contributed by atoms with Crippen molar-refractivity contribution in [2.45, 2.75) is 47.0 Å². The molecule has 1 aromatic rings. The highest BCUT2D eigenvalue weighted by Crippen LogP contribution is 2.36. The summed E-state index contributed by atoms with van der Waals surface area (Å²) in [5, 5.41) is 4.27. The van der Waals surface area contributed by atoms with Gasteiger partial charge in [-0.25, -0.2) is 0 Å². The smallest absolute Gasteiger partial charge is 0.160 e. The normalized spacial score (nSPS) is 17.8. The molecule has 0 aromatic heterocycles. The number of ether oxygens (including phenoxy) is 1. The molecule has 148 valence electrons. The van der Waals surface area contributed by atoms with E-state index < -0.39 is 0 Å². The number of rotatable bonds is 8. The van der Waals surface area contributed by atoms with Crippen molar-refractivity contribution < 1.29 is 9.53 Å². The van der Waals surface area contributed by atoms with Crippen LogP contribution in [0.5, 0.6) is 0 Å². The second-order valence-corrected chi connectivity index (χ2v) is 8.45. The van der Waals surface area contributed by atoms with Crippen molar-refractivity contribution in [3.63, 3.8) is 0 Å². The number of benzene rings is 1. The quantitative estimate of drug-likeness (QED) is 0.646. The van der Waals surface area contributed by atoms with E-state index in [1.807, 2.05) is 31.2 Å². The molecule has 0 atom stereocenters. The molecule has 0 spiro atoms. The average Bonchev–Trinajstić information content (AvgIpc) is 2.59. The molecule has 0 saturated carbocycles. The molecule has 1 aliphatic rings. The Morgan fingerprint density at radius 3 is 2.67 bits per heavy atom. The zero-order valence-corrected chi connectivity index (χ0v) is 17.6. The van der Waals surface area contributed by atoms with Crippen LogP contribution < -0.4 is 11.1 Å². The van der Waals surface area contributed by atoms with E-state index in [4.69, 9.17) is 22.1 Å². The lowest BCUT2D eigenvalue weighted by Crippen LogP contribution is -2.32. The Balaban J connectivity index is 2.29. The molecule has 1 aliphatic carbocycles. The van der Waals surface area contributed by atoms with Crippen molar-refractivity contribution in [2.75, 3.05) is 19.8 Å². The zero-order valence-electron chi connectivity index (χ0n) is 16.8. The Hall–Kier alpha value is -1.62. The number of Topliss-reactive ketones (excluding diaryl/α,β-unsaturated/α-hetero) is 1. The van der Waals surface area contributed by atoms with Crippen LogP contribution in [0.25, 0.3) is 0 Å². The summed E-state index contributed by atoms with van der Waals surface area (Å²) >= 11 is 6.33. The van der Waals surface area contributed by atoms with Gasteiger partial charge >= 0.3 is 0 Å². The first-order valence-corrected chi connectivity index (χ1v) is 9.81. The van der Waals surface area contributed by atoms with Crippen LogP contribution in [0.15, 0.2) is 46.8 Å². The number of carbonyl (C=O) groups is 1. The second-order valence-electron chi connectivity index (χ2n) is 8.04. The fraction of sp³-hybridized carbons (Fsp3) is 0.500. The molecule has 0 bridgehead atoms. The molecule has 4 nitrogen and oxygen atoms in total. The molecule has 0 heterocycles. The van der Waals surface area contributed by atoms with E-state index in [-0.39, 0.29) is 11.2 Å². The van der Waals surface area contributed by atoms with Crippen molar-refractivity contribution in [3.05, 3.63) is 57.4 Å². The van der Waals surface area contributed by atoms with Gasteiger partial charge in [0.05, 0.1) is 13.2 Å². The van der Waals surface area contributed by atoms with Crippen molar-refractivity contribution >= 4 is 17.4 Å². The summed E-state index contributed by atoms with van der Waals surface area (Å²) in [6, 6.07) is 7.85. The number of hydrogen-bond acceptors (Lipinski definition) is 4. The largest absolute Gasteiger partial charge is 0.374 e. The lowest BCUT2D eigenvalue weighted by molar-refractivity contribution is -0.118. The highest BCUT2D eigenvalue weighted by Gasteiger charge is 2.31. The first-order chi connectivity index (χ1) is 12.7. The van der Waals surface area contributed by atoms with Crippen LogP contribution in [0.1, 0.15) is 46.1 Å². The molecule has 0 unspecified atom stereocenters. The number of carbonyl (C=O) groups excluding carboxylic acids is 1. The van der Waals surface area contributed by atoms with Gasteiger partial charge in [0.1, 0.15) is 0 Å². The van der Waals surface area contributed by atoms with Gasteiger partial charge in [-0.05, 0) is 49.3 Å². The predicted octanol–water partition coefficient (Wildman–Crippen LogP) is 4.38. The molecule has 5 heteroatoms. The van der Waals surface area contributed by atoms with Gasteiger partial charge in [0.15, 0.2) is 5.78 Å². The van der Waals surface area contributed by atoms with E-state index in [2.05, 4.69) is 26.1 Å². The molecule has 0 aliphatic heterocycles. The number of nitrogens with one attached hydrogen (secondary N) is 1. The number of allylic oxidation sites excluding steroid dienone is 3. The second kappa shape index (κ2) is 9.54. The molecule has 0 fully saturated rings. The van der Waals surface area contributed by atoms with Crippen LogP contribution in [-0.2, 0) is 16.0 Å². The molecule has 0 amide bonds. The third kappa shape index (κ3) is 6.20. The first-order valence-electron chi connectivity index (χ1n) is 9.43. The number of halogens is 1. The highest BCUT2D eigenvalue weighted by molar-refractivity contribution is 6.31. The summed E-state index contributed by atoms with van der Waals surface area (Å²) in [6.07, 6.45) is 2.15. The van der Waals surface area contributed by atoms with Crippen LogP contribution >= 0.6 is 11.6 Å². The third-order valence-electron chi connectivity index (χ3n) is 4.90. The summed E-state index contributed by atoms with van der Waals surface area (Å²) in [5.41, 5.74) is 10.5. The van der Waals surface area contributed by atoms with Crippen LogP contribution in [0, 0.1) is 5.41 Å². The van der Waals surface area contributed by atoms with Gasteiger partial charge in [-0.2, -0.15) is 0 Å². The average molecular weight is 391 g/mol. The number of ketones is 1. The van der Waals surface area contributed by atoms with Crippen LogP contribution in [-0.4, -0.2) is 25.5 Å². The van der Waals surface area contributed by atoms with Gasteiger partial charge in [0.2, 0.25) is 0 Å². The Labute approximate surface area is 167 Å². The van der Waals surface area contributed by atoms with Gasteiger partial charge in [-0.1, -0.05) is 43.6 Å². The van der Waals surface area contributed by atoms with E-state index in [1.54, 1.807) is 0 Å². The van der Waals surface area contributed by atoms with Crippen LogP contribution in [0.4, 0.5) is 0 Å². The van der Waals surface area contributed by atoms with E-state index in [9.17, 15) is 4.79 Å². The monoisotopic (exact) mass is 390 g/mol. The van der Waals surface area contributed by atoms with E-state index in [0.717, 1.165) is 46.0 Å². The summed E-state index contributed by atoms with van der Waals surface area (Å²) in [7, 11) is 0. The topological polar surface area (TPSA) is 64.3 Å². The molecule has 2 rings (SSSR count). The van der Waals surface area contributed by atoms with Gasteiger partial charge in [-0.3, -0.25) is 4.79 Å². The Morgan fingerprint density at radius 1 is 1.30 bits per heavy atom. The molecule has 27 heavy (non-hydrogen) atoms. The summed E-state index contributed by atoms with van der Waals surface area (Å²) in [5.74, 6) is 0.208. The molecule has 0 radical (unpaired) electrons. The first kappa shape index (κ1) is 21.7. The van der Waals surface area contributed by atoms with Gasteiger partial charge in [0.25, 0.3) is 0 Å². The van der Waals surface area contributed by atoms with E-state index >= 15 is 0 Å². The number of nitrogens with two attached hydrogens (primary N) is 1. The fourth-order valence-electron chi connectivity index (χ4n) is 3.29. The SMILES string of the molecule is CC1=C(N/C(COCCN)=C(/C)Cc2ccccc2Cl)CC(C)(C)CC1=O. The minimum atomic E-state index is -0.0429. The van der Waals surface area contributed by atoms with Crippen LogP contribution in [0.3, 0.4) is 0 Å². The summed E-state index contributed by atoms with van der Waals surface area (Å²) in [4.78, 5) is 12.4. The Morgan fingerprint density at radius 2 is 2.00 bits per heavy atom. The highest BCUT2D eigenvalue weighted by atomic mass is 35.5. The summed E-state index contributed by atoms with van der Waals surface area (Å²) in [6.45, 7) is 9.63. The molecular weight excluding hydrogens is 360 g/mol. The minimum Gasteiger partial charge on any atom is -0.374 e. The third-order valence-corrected chi connectivity index (χ3v) is 5.27. The number of hydrogen-bond donors (Lipinski definition) is 2. The molecule has 1 aromatic carbocycles. The van der Waals surface area contributed by atoms with Gasteiger partial charge in [-0.15, -0.1) is 0 Å². The van der Waals surface area contributed by atoms with E-state index in [1.165, 1.54) is 0 Å². The Kier molecular flexibility index (Phi) is 7.66. The lowest BCUT2D eigenvalue weighted by atomic mass is 9.76. The van der Waals surface area contributed by atoms with Crippen molar-refractivity contribution in [1.29, 1.82) is 0 Å². The summed E-state index contributed by atoms with van der Waals surface area (Å²) < 4.78 is 5.70. The predicted molar refractivity (Wildman–Crippen MR) is 112 cm³/mol. The van der Waals surface area contributed by atoms with Crippen molar-refractivity contribution in [2.24, 2.45) is 11.1 Å². The standard InChI is InChI=1S/C22H31ClN2O2/c1-15(11-17-7-5-6-8-18(17)23)20(14-27-10-9-24)25-19-12-22(3,4)13-21(26)16(19)2/h5-8,25H,9-14,24H2,1-4H3/b20-15-. The maximum absolute atomic E-state index is 12.4. The fourth-order valence-corrected chi connectivity index (χ4v) is 3.49. The maximum Gasteiger partial charge on any atom is 0.160 e.